The Bertz CT molecular complexity index is 839. The number of nitrogens with zero attached hydrogens (tertiary/aromatic N) is 1. The molecule has 31 heavy (non-hydrogen) atoms. The van der Waals surface area contributed by atoms with E-state index in [0.29, 0.717) is 50.5 Å². The largest absolute Gasteiger partial charge is 0.490 e. The highest BCUT2D eigenvalue weighted by Gasteiger charge is 2.27. The van der Waals surface area contributed by atoms with E-state index in [1.54, 1.807) is 11.9 Å². The van der Waals surface area contributed by atoms with E-state index in [2.05, 4.69) is 5.32 Å². The van der Waals surface area contributed by atoms with Crippen molar-refractivity contribution in [2.75, 3.05) is 20.3 Å². The van der Waals surface area contributed by atoms with Gasteiger partial charge in [-0.1, -0.05) is 43.3 Å². The Morgan fingerprint density at radius 3 is 2.23 bits per heavy atom. The second-order valence-corrected chi connectivity index (χ2v) is 7.19. The van der Waals surface area contributed by atoms with Crippen LogP contribution in [0.3, 0.4) is 0 Å². The van der Waals surface area contributed by atoms with E-state index in [1.807, 2.05) is 69.3 Å². The lowest BCUT2D eigenvalue weighted by atomic mass is 10.1. The molecule has 0 saturated carbocycles. The molecule has 0 bridgehead atoms. The van der Waals surface area contributed by atoms with Crippen LogP contribution in [0.4, 0.5) is 0 Å². The molecule has 0 saturated heterocycles. The molecule has 1 N–H and O–H groups in total. The first-order valence-corrected chi connectivity index (χ1v) is 11.0. The Morgan fingerprint density at radius 2 is 1.61 bits per heavy atom. The van der Waals surface area contributed by atoms with Crippen LogP contribution >= 0.6 is 0 Å². The van der Waals surface area contributed by atoms with E-state index < -0.39 is 6.04 Å². The molecule has 2 aromatic carbocycles. The third-order valence-electron chi connectivity index (χ3n) is 5.06. The van der Waals surface area contributed by atoms with Gasteiger partial charge in [-0.15, -0.1) is 0 Å². The van der Waals surface area contributed by atoms with Crippen molar-refractivity contribution in [1.82, 2.24) is 10.2 Å². The highest BCUT2D eigenvalue weighted by Crippen LogP contribution is 2.29. The van der Waals surface area contributed by atoms with Crippen molar-refractivity contribution >= 4 is 11.8 Å². The molecule has 2 aromatic rings. The fourth-order valence-electron chi connectivity index (χ4n) is 3.51. The molecule has 0 unspecified atom stereocenters. The van der Waals surface area contributed by atoms with E-state index in [-0.39, 0.29) is 11.8 Å². The van der Waals surface area contributed by atoms with E-state index in [4.69, 9.17) is 9.47 Å². The predicted octanol–water partition coefficient (Wildman–Crippen LogP) is 3.97. The minimum atomic E-state index is -0.503. The summed E-state index contributed by atoms with van der Waals surface area (Å²) in [7, 11) is 1.60. The van der Waals surface area contributed by atoms with Crippen LogP contribution in [-0.4, -0.2) is 43.0 Å². The summed E-state index contributed by atoms with van der Waals surface area (Å²) in [5.41, 5.74) is 1.99. The van der Waals surface area contributed by atoms with Gasteiger partial charge in [0.05, 0.1) is 13.2 Å². The van der Waals surface area contributed by atoms with Gasteiger partial charge in [-0.05, 0) is 49.9 Å². The van der Waals surface area contributed by atoms with Gasteiger partial charge >= 0.3 is 0 Å². The number of carbonyl (C=O) groups excluding carboxylic acids is 2. The van der Waals surface area contributed by atoms with Crippen LogP contribution in [0.15, 0.2) is 48.5 Å². The van der Waals surface area contributed by atoms with Crippen LogP contribution in [0, 0.1) is 0 Å². The Labute approximate surface area is 185 Å². The molecule has 0 aliphatic carbocycles. The highest BCUT2D eigenvalue weighted by molar-refractivity contribution is 5.87. The molecule has 6 nitrogen and oxygen atoms in total. The Hall–Kier alpha value is -3.02. The molecule has 2 rings (SSSR count). The molecule has 1 atom stereocenters. The van der Waals surface area contributed by atoms with Crippen molar-refractivity contribution < 1.29 is 19.1 Å². The first-order valence-electron chi connectivity index (χ1n) is 11.0. The highest BCUT2D eigenvalue weighted by atomic mass is 16.5. The van der Waals surface area contributed by atoms with E-state index in [1.165, 1.54) is 0 Å². The van der Waals surface area contributed by atoms with Gasteiger partial charge in [-0.3, -0.25) is 9.59 Å². The number of likely N-dealkylation sites (N-methyl/N-ethyl adjacent to an activating group) is 1. The summed E-state index contributed by atoms with van der Waals surface area (Å²) in [5.74, 6) is 1.20. The summed E-state index contributed by atoms with van der Waals surface area (Å²) in [6, 6.07) is 15.0. The molecule has 168 valence electrons. The number of nitrogens with one attached hydrogen (secondary N) is 1. The number of aryl methyl sites for hydroxylation is 1. The monoisotopic (exact) mass is 426 g/mol. The van der Waals surface area contributed by atoms with Crippen LogP contribution in [0.1, 0.15) is 44.7 Å². The molecule has 0 aliphatic rings. The number of hydrogen-bond acceptors (Lipinski definition) is 4. The molecule has 6 heteroatoms. The predicted molar refractivity (Wildman–Crippen MR) is 122 cm³/mol. The second-order valence-electron chi connectivity index (χ2n) is 7.19. The molecule has 0 aromatic heterocycles. The average molecular weight is 427 g/mol. The van der Waals surface area contributed by atoms with Gasteiger partial charge < -0.3 is 19.7 Å². The Kier molecular flexibility index (Phi) is 9.88. The quantitative estimate of drug-likeness (QED) is 0.558. The van der Waals surface area contributed by atoms with Crippen molar-refractivity contribution in [2.24, 2.45) is 0 Å². The topological polar surface area (TPSA) is 67.9 Å². The van der Waals surface area contributed by atoms with Crippen molar-refractivity contribution in [3.63, 3.8) is 0 Å². The molecule has 0 aliphatic heterocycles. The molecule has 0 spiro atoms. The summed E-state index contributed by atoms with van der Waals surface area (Å²) in [4.78, 5) is 27.3. The molecule has 0 radical (unpaired) electrons. The number of amides is 2. The van der Waals surface area contributed by atoms with Crippen molar-refractivity contribution in [2.45, 2.75) is 52.6 Å². The van der Waals surface area contributed by atoms with E-state index >= 15 is 0 Å². The van der Waals surface area contributed by atoms with Gasteiger partial charge in [0.1, 0.15) is 6.04 Å². The first-order chi connectivity index (χ1) is 15.0. The fourth-order valence-corrected chi connectivity index (χ4v) is 3.51. The number of ether oxygens (including phenoxy) is 2. The summed E-state index contributed by atoms with van der Waals surface area (Å²) in [6.07, 6.45) is 1.41. The number of hydrogen-bond donors (Lipinski definition) is 1. The maximum Gasteiger partial charge on any atom is 0.242 e. The molecule has 2 amide bonds. The van der Waals surface area contributed by atoms with Gasteiger partial charge in [0.25, 0.3) is 0 Å². The number of carbonyl (C=O) groups is 2. The lowest BCUT2D eigenvalue weighted by molar-refractivity contribution is -0.141. The molecular formula is C25H34N2O4. The smallest absolute Gasteiger partial charge is 0.242 e. The van der Waals surface area contributed by atoms with Crippen LogP contribution in [0.25, 0.3) is 0 Å². The molecule has 0 heterocycles. The standard InChI is InChI=1S/C25H34N2O4/c1-5-21(25(29)26-4)27(18-20-11-9-8-10-12-20)24(28)16-14-19-13-15-22(30-6-2)23(17-19)31-7-3/h8-13,15,17,21H,5-7,14,16,18H2,1-4H3,(H,26,29)/t21-/m0/s1. The number of rotatable bonds is 12. The first kappa shape index (κ1) is 24.3. The SMILES string of the molecule is CCOc1ccc(CCC(=O)N(Cc2ccccc2)[C@@H](CC)C(=O)NC)cc1OCC. The molecular weight excluding hydrogens is 392 g/mol. The zero-order valence-corrected chi connectivity index (χ0v) is 19.0. The molecule has 0 fully saturated rings. The zero-order valence-electron chi connectivity index (χ0n) is 19.0. The lowest BCUT2D eigenvalue weighted by Gasteiger charge is -2.30. The van der Waals surface area contributed by atoms with Crippen LogP contribution in [-0.2, 0) is 22.6 Å². The maximum absolute atomic E-state index is 13.2. The van der Waals surface area contributed by atoms with Gasteiger partial charge in [0.15, 0.2) is 11.5 Å². The van der Waals surface area contributed by atoms with Gasteiger partial charge in [0, 0.05) is 20.0 Å². The summed E-state index contributed by atoms with van der Waals surface area (Å²) >= 11 is 0. The number of benzene rings is 2. The summed E-state index contributed by atoms with van der Waals surface area (Å²) in [5, 5.41) is 2.69. The van der Waals surface area contributed by atoms with E-state index in [9.17, 15) is 9.59 Å². The van der Waals surface area contributed by atoms with Crippen LogP contribution < -0.4 is 14.8 Å². The maximum atomic E-state index is 13.2. The van der Waals surface area contributed by atoms with Crippen molar-refractivity contribution in [1.29, 1.82) is 0 Å². The van der Waals surface area contributed by atoms with Crippen molar-refractivity contribution in [3.8, 4) is 11.5 Å². The van der Waals surface area contributed by atoms with Crippen LogP contribution in [0.5, 0.6) is 11.5 Å². The Balaban J connectivity index is 2.17. The second kappa shape index (κ2) is 12.6. The zero-order chi connectivity index (χ0) is 22.6. The van der Waals surface area contributed by atoms with Gasteiger partial charge in [-0.2, -0.15) is 0 Å². The third kappa shape index (κ3) is 7.02. The minimum absolute atomic E-state index is 0.0499. The summed E-state index contributed by atoms with van der Waals surface area (Å²) < 4.78 is 11.3. The van der Waals surface area contributed by atoms with Gasteiger partial charge in [-0.25, -0.2) is 0 Å². The fraction of sp³-hybridized carbons (Fsp3) is 0.440. The van der Waals surface area contributed by atoms with Gasteiger partial charge in [0.2, 0.25) is 11.8 Å². The Morgan fingerprint density at radius 1 is 0.935 bits per heavy atom. The average Bonchev–Trinajstić information content (AvgIpc) is 2.79. The third-order valence-corrected chi connectivity index (χ3v) is 5.06. The normalized spacial score (nSPS) is 11.5. The van der Waals surface area contributed by atoms with Crippen LogP contribution in [0.2, 0.25) is 0 Å². The lowest BCUT2D eigenvalue weighted by Crippen LogP contribution is -2.48. The van der Waals surface area contributed by atoms with E-state index in [0.717, 1.165) is 11.1 Å². The van der Waals surface area contributed by atoms with Crippen molar-refractivity contribution in [3.05, 3.63) is 59.7 Å². The minimum Gasteiger partial charge on any atom is -0.490 e. The summed E-state index contributed by atoms with van der Waals surface area (Å²) in [6.45, 7) is 7.28.